The summed E-state index contributed by atoms with van der Waals surface area (Å²) in [7, 11) is 0. The van der Waals surface area contributed by atoms with Gasteiger partial charge in [-0.05, 0) is 37.2 Å². The first-order valence-electron chi connectivity index (χ1n) is 5.82. The molecule has 4 nitrogen and oxygen atoms in total. The number of nitrogens with two attached hydrogens (primary N) is 1. The van der Waals surface area contributed by atoms with Gasteiger partial charge in [0.25, 0.3) is 5.91 Å². The zero-order valence-corrected chi connectivity index (χ0v) is 11.9. The summed E-state index contributed by atoms with van der Waals surface area (Å²) in [4.78, 5) is 11.8. The second-order valence-corrected chi connectivity index (χ2v) is 4.47. The van der Waals surface area contributed by atoms with Crippen LogP contribution >= 0.6 is 24.0 Å². The minimum Gasteiger partial charge on any atom is -0.488 e. The highest BCUT2D eigenvalue weighted by atomic mass is 35.5. The van der Waals surface area contributed by atoms with Gasteiger partial charge in [-0.1, -0.05) is 11.6 Å². The number of halogens is 2. The first-order valence-corrected chi connectivity index (χ1v) is 6.19. The van der Waals surface area contributed by atoms with Crippen molar-refractivity contribution in [3.05, 3.63) is 34.4 Å². The maximum atomic E-state index is 11.8. The second kappa shape index (κ2) is 7.38. The molecule has 0 unspecified atom stereocenters. The molecule has 3 N–H and O–H groups in total. The highest BCUT2D eigenvalue weighted by molar-refractivity contribution is 6.30. The van der Waals surface area contributed by atoms with Crippen molar-refractivity contribution in [2.24, 2.45) is 5.73 Å². The molecule has 0 aliphatic carbocycles. The smallest absolute Gasteiger partial charge is 0.250 e. The third-order valence-corrected chi connectivity index (χ3v) is 2.88. The summed E-state index contributed by atoms with van der Waals surface area (Å²) in [5, 5.41) is 3.42. The van der Waals surface area contributed by atoms with Gasteiger partial charge in [-0.25, -0.2) is 0 Å². The molecule has 0 radical (unpaired) electrons. The lowest BCUT2D eigenvalue weighted by Crippen LogP contribution is -2.30. The molecule has 0 atom stereocenters. The number of fused-ring (bicyclic) bond motifs is 1. The third kappa shape index (κ3) is 4.13. The molecular weight excluding hydrogens is 287 g/mol. The van der Waals surface area contributed by atoms with Gasteiger partial charge in [0.1, 0.15) is 12.4 Å². The zero-order chi connectivity index (χ0) is 13.0. The van der Waals surface area contributed by atoms with Crippen molar-refractivity contribution < 1.29 is 9.53 Å². The Balaban J connectivity index is 0.00000180. The molecule has 0 spiro atoms. The molecule has 1 aromatic carbocycles. The molecule has 2 rings (SSSR count). The molecule has 1 heterocycles. The summed E-state index contributed by atoms with van der Waals surface area (Å²) >= 11 is 5.91. The Labute approximate surface area is 123 Å². The van der Waals surface area contributed by atoms with Crippen LogP contribution < -0.4 is 15.8 Å². The van der Waals surface area contributed by atoms with E-state index in [1.54, 1.807) is 18.2 Å². The minimum atomic E-state index is -0.117. The monoisotopic (exact) mass is 302 g/mol. The summed E-state index contributed by atoms with van der Waals surface area (Å²) in [6, 6.07) is 5.35. The van der Waals surface area contributed by atoms with Crippen LogP contribution in [0.2, 0.25) is 5.02 Å². The Morgan fingerprint density at radius 1 is 1.47 bits per heavy atom. The Bertz CT molecular complexity index is 490. The highest BCUT2D eigenvalue weighted by Gasteiger charge is 2.16. The number of nitrogens with one attached hydrogen (secondary N) is 1. The molecule has 104 valence electrons. The summed E-state index contributed by atoms with van der Waals surface area (Å²) in [5.74, 6) is 0.631. The Kier molecular flexibility index (Phi) is 6.15. The fourth-order valence-electron chi connectivity index (χ4n) is 1.70. The van der Waals surface area contributed by atoms with Gasteiger partial charge in [0, 0.05) is 17.1 Å². The van der Waals surface area contributed by atoms with Crippen LogP contribution in [0.3, 0.4) is 0 Å². The number of carbonyl (C=O) groups excluding carboxylic acids is 1. The van der Waals surface area contributed by atoms with Crippen molar-refractivity contribution in [2.45, 2.75) is 6.42 Å². The van der Waals surface area contributed by atoms with Gasteiger partial charge >= 0.3 is 0 Å². The van der Waals surface area contributed by atoms with Gasteiger partial charge in [-0.3, -0.25) is 4.79 Å². The van der Waals surface area contributed by atoms with E-state index in [9.17, 15) is 4.79 Å². The van der Waals surface area contributed by atoms with Crippen molar-refractivity contribution in [3.8, 4) is 5.75 Å². The van der Waals surface area contributed by atoms with E-state index in [0.717, 1.165) is 17.7 Å². The topological polar surface area (TPSA) is 64.3 Å². The molecule has 0 saturated carbocycles. The number of hydrogen-bond donors (Lipinski definition) is 2. The van der Waals surface area contributed by atoms with Gasteiger partial charge in [0.2, 0.25) is 0 Å². The number of amides is 1. The van der Waals surface area contributed by atoms with E-state index in [2.05, 4.69) is 5.32 Å². The number of hydrogen-bond acceptors (Lipinski definition) is 3. The number of benzene rings is 1. The van der Waals surface area contributed by atoms with E-state index in [1.807, 2.05) is 6.08 Å². The Morgan fingerprint density at radius 2 is 2.26 bits per heavy atom. The van der Waals surface area contributed by atoms with Crippen molar-refractivity contribution in [1.82, 2.24) is 5.32 Å². The van der Waals surface area contributed by atoms with Gasteiger partial charge in [0.15, 0.2) is 0 Å². The average Bonchev–Trinajstić information content (AvgIpc) is 2.38. The maximum Gasteiger partial charge on any atom is 0.250 e. The van der Waals surface area contributed by atoms with Crippen molar-refractivity contribution >= 4 is 36.0 Å². The number of rotatable bonds is 4. The summed E-state index contributed by atoms with van der Waals surface area (Å²) in [6.07, 6.45) is 2.57. The van der Waals surface area contributed by atoms with Crippen LogP contribution in [-0.4, -0.2) is 25.6 Å². The van der Waals surface area contributed by atoms with Crippen LogP contribution in [0.15, 0.2) is 23.8 Å². The van der Waals surface area contributed by atoms with Crippen LogP contribution in [-0.2, 0) is 4.79 Å². The lowest BCUT2D eigenvalue weighted by Gasteiger charge is -2.17. The summed E-state index contributed by atoms with van der Waals surface area (Å²) in [5.41, 5.74) is 6.80. The molecule has 0 bridgehead atoms. The van der Waals surface area contributed by atoms with Gasteiger partial charge < -0.3 is 15.8 Å². The van der Waals surface area contributed by atoms with E-state index in [4.69, 9.17) is 22.1 Å². The normalized spacial score (nSPS) is 12.6. The molecule has 19 heavy (non-hydrogen) atoms. The Hall–Kier alpha value is -1.23. The molecule has 0 aromatic heterocycles. The lowest BCUT2D eigenvalue weighted by atomic mass is 10.1. The molecule has 1 aromatic rings. The second-order valence-electron chi connectivity index (χ2n) is 4.04. The average molecular weight is 303 g/mol. The molecule has 1 aliphatic heterocycles. The van der Waals surface area contributed by atoms with Crippen LogP contribution in [0, 0.1) is 0 Å². The number of carbonyl (C=O) groups is 1. The van der Waals surface area contributed by atoms with Crippen LogP contribution in [0.5, 0.6) is 5.75 Å². The molecular formula is C13H16Cl2N2O2. The van der Waals surface area contributed by atoms with Gasteiger partial charge in [0.05, 0.1) is 5.57 Å². The highest BCUT2D eigenvalue weighted by Crippen LogP contribution is 2.28. The SMILES string of the molecule is Cl.NCCCNC(=O)C1=Cc2cc(Cl)ccc2OC1. The predicted molar refractivity (Wildman–Crippen MR) is 78.9 cm³/mol. The van der Waals surface area contributed by atoms with E-state index in [0.29, 0.717) is 23.7 Å². The quantitative estimate of drug-likeness (QED) is 0.836. The molecule has 0 fully saturated rings. The van der Waals surface area contributed by atoms with Crippen LogP contribution in [0.4, 0.5) is 0 Å². The van der Waals surface area contributed by atoms with Crippen molar-refractivity contribution in [2.75, 3.05) is 19.7 Å². The van der Waals surface area contributed by atoms with E-state index in [-0.39, 0.29) is 24.9 Å². The first kappa shape index (κ1) is 15.8. The lowest BCUT2D eigenvalue weighted by molar-refractivity contribution is -0.117. The van der Waals surface area contributed by atoms with E-state index >= 15 is 0 Å². The molecule has 6 heteroatoms. The molecule has 1 amide bonds. The molecule has 0 saturated heterocycles. The fraction of sp³-hybridized carbons (Fsp3) is 0.308. The summed E-state index contributed by atoms with van der Waals surface area (Å²) in [6.45, 7) is 1.42. The van der Waals surface area contributed by atoms with Crippen LogP contribution in [0.25, 0.3) is 6.08 Å². The molecule has 1 aliphatic rings. The van der Waals surface area contributed by atoms with E-state index in [1.165, 1.54) is 0 Å². The fourth-order valence-corrected chi connectivity index (χ4v) is 1.88. The van der Waals surface area contributed by atoms with Crippen molar-refractivity contribution in [1.29, 1.82) is 0 Å². The Morgan fingerprint density at radius 3 is 3.00 bits per heavy atom. The van der Waals surface area contributed by atoms with E-state index < -0.39 is 0 Å². The predicted octanol–water partition coefficient (Wildman–Crippen LogP) is 2.00. The summed E-state index contributed by atoms with van der Waals surface area (Å²) < 4.78 is 5.51. The third-order valence-electron chi connectivity index (χ3n) is 2.64. The number of ether oxygens (including phenoxy) is 1. The van der Waals surface area contributed by atoms with Gasteiger partial charge in [-0.2, -0.15) is 0 Å². The zero-order valence-electron chi connectivity index (χ0n) is 10.3. The minimum absolute atomic E-state index is 0. The van der Waals surface area contributed by atoms with Crippen LogP contribution in [0.1, 0.15) is 12.0 Å². The van der Waals surface area contributed by atoms with Crippen molar-refractivity contribution in [3.63, 3.8) is 0 Å². The van der Waals surface area contributed by atoms with Gasteiger partial charge in [-0.15, -0.1) is 12.4 Å². The largest absolute Gasteiger partial charge is 0.488 e. The standard InChI is InChI=1S/C13H15ClN2O2.ClH/c14-11-2-3-12-9(7-11)6-10(8-18-12)13(17)16-5-1-4-15;/h2-3,6-7H,1,4-5,8,15H2,(H,16,17);1H. The maximum absolute atomic E-state index is 11.8. The first-order chi connectivity index (χ1) is 8.70.